The summed E-state index contributed by atoms with van der Waals surface area (Å²) in [6.07, 6.45) is 5.37. The molecule has 1 saturated carbocycles. The minimum absolute atomic E-state index is 0.156. The van der Waals surface area contributed by atoms with Gasteiger partial charge in [0, 0.05) is 17.4 Å². The molecule has 1 atom stereocenters. The van der Waals surface area contributed by atoms with Gasteiger partial charge >= 0.3 is 12.0 Å². The molecule has 0 aliphatic heterocycles. The number of aryl methyl sites for hydroxylation is 4. The van der Waals surface area contributed by atoms with Crippen LogP contribution in [0.1, 0.15) is 64.4 Å². The Kier molecular flexibility index (Phi) is 7.74. The molecule has 0 radical (unpaired) electrons. The van der Waals surface area contributed by atoms with E-state index in [9.17, 15) is 20.1 Å². The van der Waals surface area contributed by atoms with Crippen molar-refractivity contribution in [2.45, 2.75) is 65.2 Å². The summed E-state index contributed by atoms with van der Waals surface area (Å²) in [6.45, 7) is 5.90. The largest absolute Gasteiger partial charge is 0.481 e. The Labute approximate surface area is 229 Å². The van der Waals surface area contributed by atoms with E-state index in [2.05, 4.69) is 53.3 Å². The number of ether oxygens (including phenoxy) is 1. The number of hydrogen-bond donors (Lipinski definition) is 3. The molecule has 2 aliphatic carbocycles. The number of carboxylic acids is 1. The maximum absolute atomic E-state index is 11.5. The second-order valence-corrected chi connectivity index (χ2v) is 11.4. The number of hydrogen-bond acceptors (Lipinski definition) is 6. The van der Waals surface area contributed by atoms with Gasteiger partial charge in [-0.1, -0.05) is 36.4 Å². The number of rotatable bonds is 11. The van der Waals surface area contributed by atoms with Gasteiger partial charge in [-0.05, 0) is 91.7 Å². The summed E-state index contributed by atoms with van der Waals surface area (Å²) in [5.41, 5.74) is 10.3. The normalized spacial score (nSPS) is 17.0. The smallest absolute Gasteiger partial charge is 0.316 e. The van der Waals surface area contributed by atoms with Crippen LogP contribution in [0.25, 0.3) is 11.1 Å². The molecule has 3 aromatic rings. The van der Waals surface area contributed by atoms with Gasteiger partial charge in [-0.15, -0.1) is 0 Å². The summed E-state index contributed by atoms with van der Waals surface area (Å²) in [7, 11) is 0. The lowest BCUT2D eigenvalue weighted by molar-refractivity contribution is -0.137. The fourth-order valence-electron chi connectivity index (χ4n) is 6.33. The minimum Gasteiger partial charge on any atom is -0.481 e. The second-order valence-electron chi connectivity index (χ2n) is 11.4. The first-order valence-corrected chi connectivity index (χ1v) is 13.9. The maximum atomic E-state index is 11.5. The van der Waals surface area contributed by atoms with E-state index in [1.165, 1.54) is 27.8 Å². The summed E-state index contributed by atoms with van der Waals surface area (Å²) < 4.78 is 5.65. The van der Waals surface area contributed by atoms with Crippen molar-refractivity contribution in [3.8, 4) is 17.1 Å². The topological polar surface area (TPSA) is 113 Å². The summed E-state index contributed by atoms with van der Waals surface area (Å²) in [6, 6.07) is 13.3. The minimum atomic E-state index is -0.700. The number of aliphatic carboxylic acids is 1. The molecule has 1 unspecified atom stereocenters. The Morgan fingerprint density at radius 1 is 1.05 bits per heavy atom. The quantitative estimate of drug-likeness (QED) is 0.329. The average Bonchev–Trinajstić information content (AvgIpc) is 3.61. The molecule has 3 N–H and O–H groups in total. The van der Waals surface area contributed by atoms with Gasteiger partial charge in [-0.25, -0.2) is 0 Å². The molecule has 7 nitrogen and oxygen atoms in total. The molecule has 2 aromatic carbocycles. The zero-order valence-electron chi connectivity index (χ0n) is 23.0. The number of aliphatic hydroxyl groups is 2. The van der Waals surface area contributed by atoms with Crippen LogP contribution in [0.5, 0.6) is 6.01 Å². The van der Waals surface area contributed by atoms with Gasteiger partial charge in [0.15, 0.2) is 0 Å². The number of aromatic nitrogens is 2. The number of aliphatic hydroxyl groups excluding tert-OH is 2. The number of carbonyl (C=O) groups is 1. The molecule has 39 heavy (non-hydrogen) atoms. The Hall–Kier alpha value is -3.29. The van der Waals surface area contributed by atoms with Crippen molar-refractivity contribution < 1.29 is 24.9 Å². The van der Waals surface area contributed by atoms with Crippen LogP contribution < -0.4 is 4.74 Å². The number of benzene rings is 2. The van der Waals surface area contributed by atoms with Crippen molar-refractivity contribution in [2.24, 2.45) is 11.3 Å². The van der Waals surface area contributed by atoms with Crippen LogP contribution in [-0.2, 0) is 24.1 Å². The van der Waals surface area contributed by atoms with Crippen molar-refractivity contribution in [3.63, 3.8) is 0 Å². The van der Waals surface area contributed by atoms with E-state index in [-0.39, 0.29) is 49.5 Å². The Morgan fingerprint density at radius 3 is 2.41 bits per heavy atom. The van der Waals surface area contributed by atoms with Crippen LogP contribution in [0.2, 0.25) is 0 Å². The highest BCUT2D eigenvalue weighted by atomic mass is 16.5. The van der Waals surface area contributed by atoms with Gasteiger partial charge in [-0.2, -0.15) is 9.97 Å². The average molecular weight is 531 g/mol. The van der Waals surface area contributed by atoms with Crippen LogP contribution in [0.15, 0.2) is 36.4 Å². The van der Waals surface area contributed by atoms with Gasteiger partial charge in [0.2, 0.25) is 0 Å². The lowest BCUT2D eigenvalue weighted by Crippen LogP contribution is -2.20. The highest BCUT2D eigenvalue weighted by molar-refractivity contribution is 5.72. The van der Waals surface area contributed by atoms with Gasteiger partial charge in [-0.3, -0.25) is 4.79 Å². The molecule has 7 heteroatoms. The monoisotopic (exact) mass is 530 g/mol. The third-order valence-corrected chi connectivity index (χ3v) is 8.75. The zero-order chi connectivity index (χ0) is 27.7. The first-order chi connectivity index (χ1) is 18.7. The van der Waals surface area contributed by atoms with E-state index in [0.717, 1.165) is 54.6 Å². The van der Waals surface area contributed by atoms with E-state index in [0.29, 0.717) is 0 Å². The predicted octanol–water partition coefficient (Wildman–Crippen LogP) is 4.73. The summed E-state index contributed by atoms with van der Waals surface area (Å²) in [5, 5.41) is 28.0. The third-order valence-electron chi connectivity index (χ3n) is 8.75. The van der Waals surface area contributed by atoms with Gasteiger partial charge in [0.25, 0.3) is 0 Å². The molecule has 0 amide bonds. The van der Waals surface area contributed by atoms with E-state index in [4.69, 9.17) is 4.74 Å². The number of nitrogens with zero attached hydrogens (tertiary/aromatic N) is 2. The van der Waals surface area contributed by atoms with E-state index < -0.39 is 5.97 Å². The fraction of sp³-hybridized carbons (Fsp3) is 0.469. The second kappa shape index (κ2) is 11.1. The lowest BCUT2D eigenvalue weighted by Gasteiger charge is -2.17. The first kappa shape index (κ1) is 27.3. The third kappa shape index (κ3) is 5.56. The zero-order valence-corrected chi connectivity index (χ0v) is 23.0. The molecule has 206 valence electrons. The highest BCUT2D eigenvalue weighted by Crippen LogP contribution is 2.64. The van der Waals surface area contributed by atoms with E-state index >= 15 is 0 Å². The molecule has 1 spiro atoms. The van der Waals surface area contributed by atoms with Gasteiger partial charge in [0.1, 0.15) is 0 Å². The summed E-state index contributed by atoms with van der Waals surface area (Å²) in [5.74, 6) is -0.901. The molecule has 1 aromatic heterocycles. The van der Waals surface area contributed by atoms with Crippen LogP contribution in [0.4, 0.5) is 0 Å². The molecule has 0 saturated heterocycles. The van der Waals surface area contributed by atoms with Crippen LogP contribution in [0.3, 0.4) is 0 Å². The Bertz CT molecular complexity index is 1350. The predicted molar refractivity (Wildman–Crippen MR) is 149 cm³/mol. The summed E-state index contributed by atoms with van der Waals surface area (Å²) >= 11 is 0. The maximum Gasteiger partial charge on any atom is 0.316 e. The van der Waals surface area contributed by atoms with Crippen molar-refractivity contribution in [3.05, 3.63) is 75.6 Å². The van der Waals surface area contributed by atoms with Crippen LogP contribution in [-0.4, -0.2) is 51.1 Å². The van der Waals surface area contributed by atoms with E-state index in [1.807, 2.05) is 13.8 Å². The number of carboxylic acid groups (broad SMARTS) is 1. The molecule has 5 rings (SSSR count). The number of fused-ring (bicyclic) bond motifs is 1. The van der Waals surface area contributed by atoms with Crippen molar-refractivity contribution in [1.29, 1.82) is 0 Å². The molecule has 1 heterocycles. The lowest BCUT2D eigenvalue weighted by atomic mass is 9.87. The molecular weight excluding hydrogens is 492 g/mol. The standard InChI is InChI=1S/C32H38N2O5/c1-19-24(9-7-22-8-10-27-25(13-22)15-32(11-12-32)28(27)14-29(37)38)5-4-6-26(19)30-20(2)33-31(34-21(30)3)39-18-23(16-35)17-36/h4-6,8,10,13,23,28,35-36H,7,9,11-12,14-18H2,1-3H3,(H,37,38). The van der Waals surface area contributed by atoms with Crippen molar-refractivity contribution >= 4 is 5.97 Å². The van der Waals surface area contributed by atoms with Gasteiger partial charge in [0.05, 0.1) is 37.6 Å². The van der Waals surface area contributed by atoms with Gasteiger partial charge < -0.3 is 20.1 Å². The van der Waals surface area contributed by atoms with Crippen LogP contribution >= 0.6 is 0 Å². The highest BCUT2D eigenvalue weighted by Gasteiger charge is 2.54. The first-order valence-electron chi connectivity index (χ1n) is 13.9. The molecule has 2 aliphatic rings. The molecular formula is C32H38N2O5. The Balaban J connectivity index is 1.32. The fourth-order valence-corrected chi connectivity index (χ4v) is 6.33. The summed E-state index contributed by atoms with van der Waals surface area (Å²) in [4.78, 5) is 20.6. The van der Waals surface area contributed by atoms with Crippen molar-refractivity contribution in [1.82, 2.24) is 9.97 Å². The van der Waals surface area contributed by atoms with Crippen molar-refractivity contribution in [2.75, 3.05) is 19.8 Å². The molecule has 1 fully saturated rings. The van der Waals surface area contributed by atoms with Crippen LogP contribution in [0, 0.1) is 32.1 Å². The SMILES string of the molecule is Cc1nc(OCC(CO)CO)nc(C)c1-c1cccc(CCc2ccc3c(c2)CC2(CC2)C3CC(=O)O)c1C. The Morgan fingerprint density at radius 2 is 1.77 bits per heavy atom. The molecule has 0 bridgehead atoms. The van der Waals surface area contributed by atoms with E-state index in [1.54, 1.807) is 0 Å².